The molecule has 16 heavy (non-hydrogen) atoms. The summed E-state index contributed by atoms with van der Waals surface area (Å²) in [7, 11) is 0. The Morgan fingerprint density at radius 2 is 2.25 bits per heavy atom. The maximum atomic E-state index is 5.33. The van der Waals surface area contributed by atoms with E-state index >= 15 is 0 Å². The third-order valence-electron chi connectivity index (χ3n) is 2.36. The molecule has 1 aliphatic rings. The Morgan fingerprint density at radius 3 is 2.81 bits per heavy atom. The van der Waals surface area contributed by atoms with E-state index in [9.17, 15) is 0 Å². The summed E-state index contributed by atoms with van der Waals surface area (Å²) in [6.07, 6.45) is 1.05. The number of hydrogen-bond donors (Lipinski definition) is 1. The van der Waals surface area contributed by atoms with Crippen LogP contribution in [-0.2, 0) is 0 Å². The van der Waals surface area contributed by atoms with E-state index in [2.05, 4.69) is 31.4 Å². The Labute approximate surface area is 106 Å². The van der Waals surface area contributed by atoms with Gasteiger partial charge in [-0.25, -0.2) is 0 Å². The fourth-order valence-electron chi connectivity index (χ4n) is 1.41. The van der Waals surface area contributed by atoms with Crippen molar-refractivity contribution in [3.05, 3.63) is 22.7 Å². The average Bonchev–Trinajstić information content (AvgIpc) is 2.70. The lowest BCUT2D eigenvalue weighted by molar-refractivity contribution is 0.273. The maximum Gasteiger partial charge on any atom is 0.244 e. The zero-order valence-corrected chi connectivity index (χ0v) is 10.5. The molecule has 0 saturated carbocycles. The predicted octanol–water partition coefficient (Wildman–Crippen LogP) is 2.55. The van der Waals surface area contributed by atoms with Crippen LogP contribution in [0.2, 0.25) is 0 Å². The van der Waals surface area contributed by atoms with E-state index in [-0.39, 0.29) is 18.4 Å². The molecule has 3 heterocycles. The first-order valence-corrected chi connectivity index (χ1v) is 5.45. The summed E-state index contributed by atoms with van der Waals surface area (Å²) in [5.74, 6) is 1.73. The molecule has 1 saturated heterocycles. The molecule has 86 valence electrons. The lowest BCUT2D eigenvalue weighted by Crippen LogP contribution is -2.35. The summed E-state index contributed by atoms with van der Waals surface area (Å²) in [6.45, 7) is 1.01. The van der Waals surface area contributed by atoms with Crippen LogP contribution in [0.3, 0.4) is 0 Å². The molecule has 0 aliphatic carbocycles. The van der Waals surface area contributed by atoms with Crippen molar-refractivity contribution >= 4 is 28.3 Å². The Balaban J connectivity index is 0.000000963. The highest BCUT2D eigenvalue weighted by atomic mass is 79.9. The minimum Gasteiger partial charge on any atom is -0.446 e. The number of nitrogens with zero attached hydrogens (tertiary/aromatic N) is 2. The maximum absolute atomic E-state index is 5.33. The van der Waals surface area contributed by atoms with Gasteiger partial charge >= 0.3 is 0 Å². The molecule has 1 N–H and O–H groups in total. The van der Waals surface area contributed by atoms with E-state index in [1.54, 1.807) is 12.1 Å². The van der Waals surface area contributed by atoms with Crippen LogP contribution in [-0.4, -0.2) is 16.7 Å². The number of hydrogen-bond acceptors (Lipinski definition) is 5. The normalized spacial score (nSPS) is 18.9. The molecule has 1 atom stereocenters. The molecule has 7 heteroatoms. The first-order chi connectivity index (χ1) is 7.33. The summed E-state index contributed by atoms with van der Waals surface area (Å²) >= 11 is 3.22. The van der Waals surface area contributed by atoms with Gasteiger partial charge < -0.3 is 14.3 Å². The Bertz CT molecular complexity index is 481. The third kappa shape index (κ3) is 2.00. The molecule has 2 aromatic rings. The Morgan fingerprint density at radius 1 is 1.44 bits per heavy atom. The molecule has 0 unspecified atom stereocenters. The van der Waals surface area contributed by atoms with E-state index in [1.807, 2.05) is 0 Å². The highest BCUT2D eigenvalue weighted by Crippen LogP contribution is 2.26. The lowest BCUT2D eigenvalue weighted by atomic mass is 10.1. The fourth-order valence-corrected chi connectivity index (χ4v) is 1.72. The number of aromatic nitrogens is 2. The highest BCUT2D eigenvalue weighted by Gasteiger charge is 2.25. The number of halogens is 2. The minimum atomic E-state index is 0. The monoisotopic (exact) mass is 305 g/mol. The number of nitrogens with one attached hydrogen (secondary N) is 1. The lowest BCUT2D eigenvalue weighted by Gasteiger charge is -2.23. The molecule has 1 aliphatic heterocycles. The highest BCUT2D eigenvalue weighted by molar-refractivity contribution is 9.10. The molecular weight excluding hydrogens is 297 g/mol. The second-order valence-electron chi connectivity index (χ2n) is 3.36. The van der Waals surface area contributed by atoms with E-state index in [0.29, 0.717) is 22.1 Å². The second kappa shape index (κ2) is 4.57. The van der Waals surface area contributed by atoms with Gasteiger partial charge in [0.2, 0.25) is 11.7 Å². The molecule has 0 spiro atoms. The van der Waals surface area contributed by atoms with Crippen molar-refractivity contribution in [2.45, 2.75) is 12.5 Å². The fraction of sp³-hybridized carbons (Fsp3) is 0.333. The van der Waals surface area contributed by atoms with Crippen LogP contribution in [0, 0.1) is 0 Å². The van der Waals surface area contributed by atoms with Gasteiger partial charge in [0.05, 0.1) is 6.04 Å². The summed E-state index contributed by atoms with van der Waals surface area (Å²) in [4.78, 5) is 4.26. The van der Waals surface area contributed by atoms with Gasteiger partial charge in [0.15, 0.2) is 10.4 Å². The summed E-state index contributed by atoms with van der Waals surface area (Å²) in [5, 5.41) is 7.06. The SMILES string of the molecule is Brc1ccc(-c2noc([C@H]3CCN3)n2)o1.Cl. The van der Waals surface area contributed by atoms with Gasteiger partial charge in [-0.3, -0.25) is 0 Å². The van der Waals surface area contributed by atoms with Crippen LogP contribution in [0.5, 0.6) is 0 Å². The van der Waals surface area contributed by atoms with Crippen molar-refractivity contribution in [2.24, 2.45) is 0 Å². The largest absolute Gasteiger partial charge is 0.446 e. The van der Waals surface area contributed by atoms with Gasteiger partial charge in [0, 0.05) is 0 Å². The molecule has 1 fully saturated rings. The zero-order valence-electron chi connectivity index (χ0n) is 8.14. The molecular formula is C9H9BrClN3O2. The topological polar surface area (TPSA) is 64.1 Å². The first kappa shape index (κ1) is 11.6. The number of furan rings is 1. The summed E-state index contributed by atoms with van der Waals surface area (Å²) in [6, 6.07) is 3.81. The summed E-state index contributed by atoms with van der Waals surface area (Å²) < 4.78 is 11.1. The van der Waals surface area contributed by atoms with Crippen LogP contribution in [0.4, 0.5) is 0 Å². The predicted molar refractivity (Wildman–Crippen MR) is 62.3 cm³/mol. The zero-order chi connectivity index (χ0) is 10.3. The van der Waals surface area contributed by atoms with E-state index in [1.165, 1.54) is 0 Å². The van der Waals surface area contributed by atoms with Crippen LogP contribution in [0.25, 0.3) is 11.6 Å². The molecule has 0 radical (unpaired) electrons. The van der Waals surface area contributed by atoms with Crippen LogP contribution in [0.1, 0.15) is 18.4 Å². The molecule has 3 rings (SSSR count). The average molecular weight is 307 g/mol. The van der Waals surface area contributed by atoms with Gasteiger partial charge in [-0.2, -0.15) is 4.98 Å². The molecule has 5 nitrogen and oxygen atoms in total. The van der Waals surface area contributed by atoms with E-state index in [4.69, 9.17) is 8.94 Å². The summed E-state index contributed by atoms with van der Waals surface area (Å²) in [5.41, 5.74) is 0. The standard InChI is InChI=1S/C9H8BrN3O2.ClH/c10-7-2-1-6(14-7)8-12-9(15-13-8)5-3-4-11-5;/h1-2,5,11H,3-4H2;1H/t5-;/m1./s1. The van der Waals surface area contributed by atoms with Crippen LogP contribution >= 0.6 is 28.3 Å². The van der Waals surface area contributed by atoms with Crippen molar-refractivity contribution in [1.29, 1.82) is 0 Å². The minimum absolute atomic E-state index is 0. The van der Waals surface area contributed by atoms with Crippen molar-refractivity contribution in [2.75, 3.05) is 6.54 Å². The van der Waals surface area contributed by atoms with E-state index < -0.39 is 0 Å². The molecule has 0 aromatic carbocycles. The van der Waals surface area contributed by atoms with Gasteiger partial charge in [0.25, 0.3) is 0 Å². The van der Waals surface area contributed by atoms with Gasteiger partial charge in [-0.05, 0) is 41.0 Å². The Kier molecular flexibility index (Phi) is 3.32. The third-order valence-corrected chi connectivity index (χ3v) is 2.78. The van der Waals surface area contributed by atoms with Crippen LogP contribution in [0.15, 0.2) is 25.7 Å². The van der Waals surface area contributed by atoms with Crippen LogP contribution < -0.4 is 5.32 Å². The van der Waals surface area contributed by atoms with Crippen molar-refractivity contribution in [3.63, 3.8) is 0 Å². The first-order valence-electron chi connectivity index (χ1n) is 4.65. The van der Waals surface area contributed by atoms with E-state index in [0.717, 1.165) is 13.0 Å². The Hall–Kier alpha value is -0.850. The molecule has 0 amide bonds. The molecule has 0 bridgehead atoms. The smallest absolute Gasteiger partial charge is 0.244 e. The molecule has 2 aromatic heterocycles. The quantitative estimate of drug-likeness (QED) is 0.924. The van der Waals surface area contributed by atoms with Crippen molar-refractivity contribution in [1.82, 2.24) is 15.5 Å². The van der Waals surface area contributed by atoms with Gasteiger partial charge in [-0.1, -0.05) is 5.16 Å². The van der Waals surface area contributed by atoms with Crippen molar-refractivity contribution in [3.8, 4) is 11.6 Å². The van der Waals surface area contributed by atoms with Crippen molar-refractivity contribution < 1.29 is 8.94 Å². The van der Waals surface area contributed by atoms with Gasteiger partial charge in [-0.15, -0.1) is 12.4 Å². The van der Waals surface area contributed by atoms with Gasteiger partial charge in [0.1, 0.15) is 0 Å². The number of rotatable bonds is 2. The second-order valence-corrected chi connectivity index (χ2v) is 4.14.